The first-order valence-electron chi connectivity index (χ1n) is 8.22. The van der Waals surface area contributed by atoms with Crippen molar-refractivity contribution in [2.45, 2.75) is 46.1 Å². The quantitative estimate of drug-likeness (QED) is 0.814. The van der Waals surface area contributed by atoms with Crippen LogP contribution in [0.1, 0.15) is 39.2 Å². The van der Waals surface area contributed by atoms with Gasteiger partial charge in [0, 0.05) is 29.8 Å². The van der Waals surface area contributed by atoms with Crippen molar-refractivity contribution in [1.82, 2.24) is 4.90 Å². The van der Waals surface area contributed by atoms with E-state index in [0.717, 1.165) is 42.6 Å². The Bertz CT molecular complexity index is 554. The Morgan fingerprint density at radius 2 is 2.17 bits per heavy atom. The molecule has 0 aromatic heterocycles. The van der Waals surface area contributed by atoms with Crippen LogP contribution in [-0.4, -0.2) is 36.2 Å². The molecule has 4 nitrogen and oxygen atoms in total. The lowest BCUT2D eigenvalue weighted by Gasteiger charge is -2.34. The van der Waals surface area contributed by atoms with Crippen LogP contribution in [0.4, 0.5) is 10.5 Å². The molecule has 1 aromatic carbocycles. The van der Waals surface area contributed by atoms with Crippen molar-refractivity contribution in [3.8, 4) is 0 Å². The van der Waals surface area contributed by atoms with E-state index in [4.69, 9.17) is 4.74 Å². The number of amides is 1. The molecule has 0 aliphatic carbocycles. The number of ether oxygens (including phenoxy) is 1. The van der Waals surface area contributed by atoms with Crippen molar-refractivity contribution in [1.29, 1.82) is 0 Å². The van der Waals surface area contributed by atoms with Crippen LogP contribution < -0.4 is 5.32 Å². The fraction of sp³-hybridized carbons (Fsp3) is 0.611. The summed E-state index contributed by atoms with van der Waals surface area (Å²) in [5, 5.41) is 3.49. The summed E-state index contributed by atoms with van der Waals surface area (Å²) in [6.07, 6.45) is 1.98. The van der Waals surface area contributed by atoms with Gasteiger partial charge in [-0.2, -0.15) is 0 Å². The number of hydrogen-bond acceptors (Lipinski definition) is 3. The van der Waals surface area contributed by atoms with Crippen molar-refractivity contribution >= 4 is 27.7 Å². The summed E-state index contributed by atoms with van der Waals surface area (Å²) in [5.74, 6) is 0.459. The number of aryl methyl sites for hydroxylation is 1. The Morgan fingerprint density at radius 1 is 1.43 bits per heavy atom. The van der Waals surface area contributed by atoms with Gasteiger partial charge in [0.05, 0.1) is 0 Å². The first-order chi connectivity index (χ1) is 10.7. The van der Waals surface area contributed by atoms with Gasteiger partial charge in [-0.1, -0.05) is 15.9 Å². The van der Waals surface area contributed by atoms with Crippen LogP contribution in [0.15, 0.2) is 22.7 Å². The van der Waals surface area contributed by atoms with Gasteiger partial charge in [0.25, 0.3) is 0 Å². The first kappa shape index (κ1) is 18.1. The van der Waals surface area contributed by atoms with E-state index in [1.165, 1.54) is 5.56 Å². The maximum Gasteiger partial charge on any atom is 0.410 e. The number of carbonyl (C=O) groups excluding carboxylic acids is 1. The summed E-state index contributed by atoms with van der Waals surface area (Å²) < 4.78 is 6.60. The average Bonchev–Trinajstić information content (AvgIpc) is 2.47. The highest BCUT2D eigenvalue weighted by Gasteiger charge is 2.27. The van der Waals surface area contributed by atoms with Gasteiger partial charge >= 0.3 is 6.09 Å². The lowest BCUT2D eigenvalue weighted by Crippen LogP contribution is -2.44. The van der Waals surface area contributed by atoms with Gasteiger partial charge in [-0.25, -0.2) is 4.79 Å². The van der Waals surface area contributed by atoms with Crippen molar-refractivity contribution in [3.63, 3.8) is 0 Å². The van der Waals surface area contributed by atoms with E-state index in [-0.39, 0.29) is 6.09 Å². The molecule has 2 rings (SSSR count). The van der Waals surface area contributed by atoms with Gasteiger partial charge < -0.3 is 15.0 Å². The Labute approximate surface area is 147 Å². The standard InChI is InChI=1S/C18H27BrN2O2/c1-13-10-15(7-8-16(13)19)20-11-14-6-5-9-21(12-14)17(22)23-18(2,3)4/h7-8,10,14,20H,5-6,9,11-12H2,1-4H3. The fourth-order valence-electron chi connectivity index (χ4n) is 2.74. The number of piperidine rings is 1. The highest BCUT2D eigenvalue weighted by Crippen LogP contribution is 2.22. The number of likely N-dealkylation sites (tertiary alicyclic amines) is 1. The van der Waals surface area contributed by atoms with Gasteiger partial charge in [0.15, 0.2) is 0 Å². The molecule has 1 aliphatic rings. The van der Waals surface area contributed by atoms with Gasteiger partial charge in [-0.15, -0.1) is 0 Å². The van der Waals surface area contributed by atoms with Crippen LogP contribution >= 0.6 is 15.9 Å². The normalized spacial score (nSPS) is 18.7. The minimum atomic E-state index is -0.433. The molecule has 0 spiro atoms. The second kappa shape index (κ2) is 7.56. The number of nitrogens with zero attached hydrogens (tertiary/aromatic N) is 1. The third-order valence-corrected chi connectivity index (χ3v) is 4.81. The van der Waals surface area contributed by atoms with Crippen molar-refractivity contribution < 1.29 is 9.53 Å². The van der Waals surface area contributed by atoms with Gasteiger partial charge in [0.1, 0.15) is 5.60 Å². The van der Waals surface area contributed by atoms with E-state index in [1.54, 1.807) is 0 Å². The Hall–Kier alpha value is -1.23. The van der Waals surface area contributed by atoms with Crippen LogP contribution in [0.5, 0.6) is 0 Å². The molecule has 1 saturated heterocycles. The predicted molar refractivity (Wildman–Crippen MR) is 97.9 cm³/mol. The molecule has 1 N–H and O–H groups in total. The first-order valence-corrected chi connectivity index (χ1v) is 9.02. The molecular formula is C18H27BrN2O2. The summed E-state index contributed by atoms with van der Waals surface area (Å²) in [5.41, 5.74) is 1.91. The number of anilines is 1. The van der Waals surface area contributed by atoms with Crippen LogP contribution in [0, 0.1) is 12.8 Å². The van der Waals surface area contributed by atoms with Crippen LogP contribution in [-0.2, 0) is 4.74 Å². The van der Waals surface area contributed by atoms with Crippen molar-refractivity contribution in [3.05, 3.63) is 28.2 Å². The summed E-state index contributed by atoms with van der Waals surface area (Å²) in [7, 11) is 0. The van der Waals surface area contributed by atoms with Crippen LogP contribution in [0.2, 0.25) is 0 Å². The smallest absolute Gasteiger partial charge is 0.410 e. The minimum absolute atomic E-state index is 0.193. The van der Waals surface area contributed by atoms with Gasteiger partial charge in [-0.05, 0) is 70.2 Å². The zero-order chi connectivity index (χ0) is 17.0. The number of halogens is 1. The Balaban J connectivity index is 1.86. The summed E-state index contributed by atoms with van der Waals surface area (Å²) >= 11 is 3.52. The molecule has 1 fully saturated rings. The molecule has 1 heterocycles. The van der Waals surface area contributed by atoms with E-state index >= 15 is 0 Å². The molecule has 5 heteroatoms. The monoisotopic (exact) mass is 382 g/mol. The van der Waals surface area contributed by atoms with Crippen molar-refractivity contribution in [2.24, 2.45) is 5.92 Å². The van der Waals surface area contributed by atoms with Gasteiger partial charge in [-0.3, -0.25) is 0 Å². The van der Waals surface area contributed by atoms with Crippen molar-refractivity contribution in [2.75, 3.05) is 25.0 Å². The third-order valence-electron chi connectivity index (χ3n) is 3.92. The molecule has 0 bridgehead atoms. The number of rotatable bonds is 3. The predicted octanol–water partition coefficient (Wildman–Crippen LogP) is 4.82. The lowest BCUT2D eigenvalue weighted by molar-refractivity contribution is 0.0172. The molecular weight excluding hydrogens is 356 g/mol. The Kier molecular flexibility index (Phi) is 5.95. The summed E-state index contributed by atoms with van der Waals surface area (Å²) in [6.45, 7) is 10.2. The van der Waals surface area contributed by atoms with E-state index in [2.05, 4.69) is 46.4 Å². The van der Waals surface area contributed by atoms with E-state index in [9.17, 15) is 4.79 Å². The number of carbonyl (C=O) groups is 1. The molecule has 1 aromatic rings. The van der Waals surface area contributed by atoms with E-state index in [0.29, 0.717) is 5.92 Å². The van der Waals surface area contributed by atoms with E-state index < -0.39 is 5.60 Å². The van der Waals surface area contributed by atoms with E-state index in [1.807, 2.05) is 25.7 Å². The molecule has 23 heavy (non-hydrogen) atoms. The van der Waals surface area contributed by atoms with Gasteiger partial charge in [0.2, 0.25) is 0 Å². The summed E-state index contributed by atoms with van der Waals surface area (Å²) in [4.78, 5) is 14.0. The van der Waals surface area contributed by atoms with Crippen LogP contribution in [0.25, 0.3) is 0 Å². The van der Waals surface area contributed by atoms with Crippen LogP contribution in [0.3, 0.4) is 0 Å². The minimum Gasteiger partial charge on any atom is -0.444 e. The lowest BCUT2D eigenvalue weighted by atomic mass is 9.98. The second-order valence-corrected chi connectivity index (χ2v) is 8.13. The zero-order valence-corrected chi connectivity index (χ0v) is 16.1. The molecule has 1 unspecified atom stereocenters. The fourth-order valence-corrected chi connectivity index (χ4v) is 2.99. The number of hydrogen-bond donors (Lipinski definition) is 1. The molecule has 0 radical (unpaired) electrons. The third kappa shape index (κ3) is 5.72. The number of benzene rings is 1. The average molecular weight is 383 g/mol. The number of nitrogens with one attached hydrogen (secondary N) is 1. The maximum absolute atomic E-state index is 12.2. The highest BCUT2D eigenvalue weighted by atomic mass is 79.9. The molecule has 128 valence electrons. The molecule has 1 atom stereocenters. The molecule has 1 amide bonds. The highest BCUT2D eigenvalue weighted by molar-refractivity contribution is 9.10. The largest absolute Gasteiger partial charge is 0.444 e. The topological polar surface area (TPSA) is 41.6 Å². The molecule has 1 aliphatic heterocycles. The Morgan fingerprint density at radius 3 is 2.83 bits per heavy atom. The maximum atomic E-state index is 12.2. The SMILES string of the molecule is Cc1cc(NCC2CCCN(C(=O)OC(C)(C)C)C2)ccc1Br. The zero-order valence-electron chi connectivity index (χ0n) is 14.5. The second-order valence-electron chi connectivity index (χ2n) is 7.28. The molecule has 0 saturated carbocycles. The summed E-state index contributed by atoms with van der Waals surface area (Å²) in [6, 6.07) is 6.27.